The lowest BCUT2D eigenvalue weighted by Gasteiger charge is -2.28. The Morgan fingerprint density at radius 2 is 2.35 bits per heavy atom. The Bertz CT molecular complexity index is 240. The Morgan fingerprint density at radius 1 is 1.59 bits per heavy atom. The predicted octanol–water partition coefficient (Wildman–Crippen LogP) is -0.0141. The van der Waals surface area contributed by atoms with E-state index in [1.165, 1.54) is 0 Å². The topological polar surface area (TPSA) is 61.8 Å². The summed E-state index contributed by atoms with van der Waals surface area (Å²) in [6, 6.07) is 0. The van der Waals surface area contributed by atoms with E-state index in [-0.39, 0.29) is 5.91 Å². The molecule has 5 heteroatoms. The Hall–Kier alpha value is -0.650. The van der Waals surface area contributed by atoms with E-state index >= 15 is 0 Å². The fraction of sp³-hybridized carbons (Fsp3) is 0.917. The summed E-state index contributed by atoms with van der Waals surface area (Å²) in [6.45, 7) is 5.06. The lowest BCUT2D eigenvalue weighted by atomic mass is 10.0. The van der Waals surface area contributed by atoms with Gasteiger partial charge in [-0.2, -0.15) is 0 Å². The zero-order valence-electron chi connectivity index (χ0n) is 10.9. The van der Waals surface area contributed by atoms with Crippen LogP contribution in [0.3, 0.4) is 0 Å². The van der Waals surface area contributed by atoms with E-state index in [1.807, 2.05) is 6.92 Å². The Morgan fingerprint density at radius 3 is 2.94 bits per heavy atom. The maximum Gasteiger partial charge on any atom is 0.222 e. The van der Waals surface area contributed by atoms with E-state index in [1.54, 1.807) is 11.9 Å². The highest BCUT2D eigenvalue weighted by Gasteiger charge is 2.33. The standard InChI is InChI=1S/C12H24N2O3/c1-3-17-8-4-5-11(15)14(2)10-12(16)6-7-13-9-12/h13,16H,3-10H2,1-2H3. The minimum Gasteiger partial charge on any atom is -0.387 e. The molecule has 1 amide bonds. The minimum absolute atomic E-state index is 0.0741. The summed E-state index contributed by atoms with van der Waals surface area (Å²) >= 11 is 0. The number of hydrogen-bond donors (Lipinski definition) is 2. The molecule has 0 radical (unpaired) electrons. The van der Waals surface area contributed by atoms with E-state index in [0.29, 0.717) is 39.1 Å². The number of nitrogens with one attached hydrogen (secondary N) is 1. The monoisotopic (exact) mass is 244 g/mol. The van der Waals surface area contributed by atoms with Crippen LogP contribution in [0.1, 0.15) is 26.2 Å². The third kappa shape index (κ3) is 5.02. The third-order valence-corrected chi connectivity index (χ3v) is 3.06. The minimum atomic E-state index is -0.746. The molecule has 0 aromatic carbocycles. The van der Waals surface area contributed by atoms with Gasteiger partial charge in [-0.25, -0.2) is 0 Å². The average molecular weight is 244 g/mol. The Labute approximate surface area is 103 Å². The molecule has 17 heavy (non-hydrogen) atoms. The Kier molecular flexibility index (Phi) is 5.88. The second kappa shape index (κ2) is 6.93. The molecule has 1 heterocycles. The van der Waals surface area contributed by atoms with Crippen LogP contribution in [0, 0.1) is 0 Å². The highest BCUT2D eigenvalue weighted by atomic mass is 16.5. The molecular weight excluding hydrogens is 220 g/mol. The summed E-state index contributed by atoms with van der Waals surface area (Å²) in [4.78, 5) is 13.4. The van der Waals surface area contributed by atoms with Gasteiger partial charge in [0.05, 0.1) is 12.1 Å². The zero-order valence-corrected chi connectivity index (χ0v) is 10.9. The van der Waals surface area contributed by atoms with Crippen molar-refractivity contribution in [3.05, 3.63) is 0 Å². The molecule has 1 aliphatic heterocycles. The van der Waals surface area contributed by atoms with Crippen LogP contribution in [0.15, 0.2) is 0 Å². The van der Waals surface area contributed by atoms with Crippen LogP contribution in [0.2, 0.25) is 0 Å². The number of likely N-dealkylation sites (N-methyl/N-ethyl adjacent to an activating group) is 1. The molecule has 0 aliphatic carbocycles. The summed E-state index contributed by atoms with van der Waals surface area (Å²) in [5.74, 6) is 0.0741. The first-order chi connectivity index (χ1) is 8.07. The van der Waals surface area contributed by atoms with Gasteiger partial charge in [0.15, 0.2) is 0 Å². The maximum absolute atomic E-state index is 11.8. The third-order valence-electron chi connectivity index (χ3n) is 3.06. The van der Waals surface area contributed by atoms with Gasteiger partial charge in [0.25, 0.3) is 0 Å². The second-order valence-electron chi connectivity index (χ2n) is 4.70. The first kappa shape index (κ1) is 14.4. The number of rotatable bonds is 7. The van der Waals surface area contributed by atoms with Gasteiger partial charge in [0.1, 0.15) is 0 Å². The SMILES string of the molecule is CCOCCCC(=O)N(C)CC1(O)CCNC1. The molecule has 0 saturated carbocycles. The molecule has 1 fully saturated rings. The predicted molar refractivity (Wildman–Crippen MR) is 65.8 cm³/mol. The molecule has 2 N–H and O–H groups in total. The Balaban J connectivity index is 2.22. The molecule has 5 nitrogen and oxygen atoms in total. The van der Waals surface area contributed by atoms with Gasteiger partial charge in [-0.05, 0) is 26.3 Å². The van der Waals surface area contributed by atoms with Gasteiger partial charge >= 0.3 is 0 Å². The van der Waals surface area contributed by atoms with Crippen molar-refractivity contribution in [2.45, 2.75) is 31.8 Å². The van der Waals surface area contributed by atoms with Gasteiger partial charge in [-0.15, -0.1) is 0 Å². The first-order valence-corrected chi connectivity index (χ1v) is 6.32. The lowest BCUT2D eigenvalue weighted by Crippen LogP contribution is -2.45. The molecule has 1 saturated heterocycles. The van der Waals surface area contributed by atoms with E-state index in [9.17, 15) is 9.90 Å². The van der Waals surface area contributed by atoms with Crippen LogP contribution >= 0.6 is 0 Å². The van der Waals surface area contributed by atoms with Crippen LogP contribution in [-0.2, 0) is 9.53 Å². The highest BCUT2D eigenvalue weighted by Crippen LogP contribution is 2.15. The zero-order chi connectivity index (χ0) is 12.7. The normalized spacial score (nSPS) is 23.9. The number of amides is 1. The smallest absolute Gasteiger partial charge is 0.222 e. The number of carbonyl (C=O) groups is 1. The van der Waals surface area contributed by atoms with Crippen molar-refractivity contribution in [2.75, 3.05) is 39.9 Å². The molecule has 0 aromatic heterocycles. The summed E-state index contributed by atoms with van der Waals surface area (Å²) in [5, 5.41) is 13.2. The summed E-state index contributed by atoms with van der Waals surface area (Å²) in [5.41, 5.74) is -0.746. The van der Waals surface area contributed by atoms with E-state index < -0.39 is 5.60 Å². The number of nitrogens with zero attached hydrogens (tertiary/aromatic N) is 1. The van der Waals surface area contributed by atoms with Gasteiger partial charge in [-0.3, -0.25) is 4.79 Å². The maximum atomic E-state index is 11.8. The van der Waals surface area contributed by atoms with Crippen molar-refractivity contribution in [3.63, 3.8) is 0 Å². The number of aliphatic hydroxyl groups is 1. The number of hydrogen-bond acceptors (Lipinski definition) is 4. The average Bonchev–Trinajstić information content (AvgIpc) is 2.70. The quantitative estimate of drug-likeness (QED) is 0.618. The largest absolute Gasteiger partial charge is 0.387 e. The highest BCUT2D eigenvalue weighted by molar-refractivity contribution is 5.75. The van der Waals surface area contributed by atoms with E-state index in [4.69, 9.17) is 4.74 Å². The van der Waals surface area contributed by atoms with Crippen molar-refractivity contribution < 1.29 is 14.6 Å². The molecule has 1 rings (SSSR count). The van der Waals surface area contributed by atoms with Crippen LogP contribution in [0.25, 0.3) is 0 Å². The van der Waals surface area contributed by atoms with Crippen molar-refractivity contribution in [1.82, 2.24) is 10.2 Å². The van der Waals surface area contributed by atoms with Crippen molar-refractivity contribution in [3.8, 4) is 0 Å². The molecular formula is C12H24N2O3. The molecule has 0 spiro atoms. The van der Waals surface area contributed by atoms with Gasteiger partial charge in [0.2, 0.25) is 5.91 Å². The number of ether oxygens (including phenoxy) is 1. The fourth-order valence-corrected chi connectivity index (χ4v) is 2.06. The molecule has 0 bridgehead atoms. The van der Waals surface area contributed by atoms with Crippen LogP contribution in [0.5, 0.6) is 0 Å². The summed E-state index contributed by atoms with van der Waals surface area (Å²) < 4.78 is 5.19. The van der Waals surface area contributed by atoms with Crippen LogP contribution in [-0.4, -0.2) is 61.4 Å². The number of carbonyl (C=O) groups excluding carboxylic acids is 1. The fourth-order valence-electron chi connectivity index (χ4n) is 2.06. The molecule has 1 aliphatic rings. The molecule has 0 aromatic rings. The van der Waals surface area contributed by atoms with Crippen molar-refractivity contribution in [2.24, 2.45) is 0 Å². The van der Waals surface area contributed by atoms with Gasteiger partial charge in [-0.1, -0.05) is 0 Å². The molecule has 1 atom stereocenters. The van der Waals surface area contributed by atoms with E-state index in [2.05, 4.69) is 5.32 Å². The summed E-state index contributed by atoms with van der Waals surface area (Å²) in [6.07, 6.45) is 1.94. The molecule has 100 valence electrons. The second-order valence-corrected chi connectivity index (χ2v) is 4.70. The number of β-amino-alcohol motifs (C(OH)–C–C–N with tert-alkyl or cyclic N) is 1. The van der Waals surface area contributed by atoms with E-state index in [0.717, 1.165) is 13.0 Å². The van der Waals surface area contributed by atoms with Gasteiger partial charge in [0, 0.05) is 33.2 Å². The van der Waals surface area contributed by atoms with Crippen LogP contribution in [0.4, 0.5) is 0 Å². The lowest BCUT2D eigenvalue weighted by molar-refractivity contribution is -0.133. The summed E-state index contributed by atoms with van der Waals surface area (Å²) in [7, 11) is 1.75. The first-order valence-electron chi connectivity index (χ1n) is 6.32. The van der Waals surface area contributed by atoms with Crippen molar-refractivity contribution >= 4 is 5.91 Å². The van der Waals surface area contributed by atoms with Gasteiger partial charge < -0.3 is 20.1 Å². The van der Waals surface area contributed by atoms with Crippen LogP contribution < -0.4 is 5.32 Å². The molecule has 1 unspecified atom stereocenters. The van der Waals surface area contributed by atoms with Crippen molar-refractivity contribution in [1.29, 1.82) is 0 Å².